The van der Waals surface area contributed by atoms with E-state index in [-0.39, 0.29) is 5.95 Å². The third-order valence-corrected chi connectivity index (χ3v) is 8.61. The van der Waals surface area contributed by atoms with Crippen molar-refractivity contribution in [3.63, 3.8) is 0 Å². The van der Waals surface area contributed by atoms with Gasteiger partial charge in [0, 0.05) is 30.0 Å². The van der Waals surface area contributed by atoms with Crippen LogP contribution in [0.4, 0.5) is 30.5 Å². The fourth-order valence-electron chi connectivity index (χ4n) is 3.43. The molecule has 3 aromatic rings. The molecule has 4 rings (SSSR count). The van der Waals surface area contributed by atoms with Crippen molar-refractivity contribution in [3.8, 4) is 10.4 Å². The smallest absolute Gasteiger partial charge is 0.399 e. The zero-order chi connectivity index (χ0) is 22.4. The number of halogens is 3. The Morgan fingerprint density at radius 1 is 1.19 bits per heavy atom. The van der Waals surface area contributed by atoms with Crippen LogP contribution >= 0.6 is 11.3 Å². The van der Waals surface area contributed by atoms with E-state index >= 15 is 0 Å². The summed E-state index contributed by atoms with van der Waals surface area (Å²) in [6.07, 6.45) is 1.14. The maximum absolute atomic E-state index is 12.9. The number of benzene rings is 1. The zero-order valence-electron chi connectivity index (χ0n) is 16.3. The predicted molar refractivity (Wildman–Crippen MR) is 113 cm³/mol. The SMILES string of the molecule is CS(=O)(=O)C1(c2ncc(-c3cc(N)cc(Nc4nccc(C(F)(F)F)n4)c3)s2)CCC1. The number of anilines is 3. The van der Waals surface area contributed by atoms with Crippen LogP contribution in [0.25, 0.3) is 10.4 Å². The van der Waals surface area contributed by atoms with Gasteiger partial charge in [-0.1, -0.05) is 0 Å². The number of alkyl halides is 3. The van der Waals surface area contributed by atoms with E-state index in [9.17, 15) is 21.6 Å². The first kappa shape index (κ1) is 21.5. The van der Waals surface area contributed by atoms with Gasteiger partial charge in [-0.25, -0.2) is 23.4 Å². The standard InChI is InChI=1S/C19H18F3N5O2S2/c1-31(28,29)18(4-2-5-18)16-25-10-14(30-16)11-7-12(23)9-13(8-11)26-17-24-6-3-15(27-17)19(20,21)22/h3,6-10H,2,4-5,23H2,1H3,(H,24,26,27). The number of nitrogens with one attached hydrogen (secondary N) is 1. The third-order valence-electron chi connectivity index (χ3n) is 5.21. The Labute approximate surface area is 180 Å². The second-order valence-corrected chi connectivity index (χ2v) is 10.7. The molecule has 0 amide bonds. The first-order valence-electron chi connectivity index (χ1n) is 9.22. The van der Waals surface area contributed by atoms with E-state index in [1.807, 2.05) is 0 Å². The Morgan fingerprint density at radius 3 is 2.55 bits per heavy atom. The molecule has 1 aliphatic rings. The summed E-state index contributed by atoms with van der Waals surface area (Å²) >= 11 is 1.27. The maximum atomic E-state index is 12.9. The molecule has 0 bridgehead atoms. The summed E-state index contributed by atoms with van der Waals surface area (Å²) < 4.78 is 62.4. The highest BCUT2D eigenvalue weighted by molar-refractivity contribution is 7.91. The molecule has 31 heavy (non-hydrogen) atoms. The van der Waals surface area contributed by atoms with Crippen LogP contribution in [-0.4, -0.2) is 29.6 Å². The quantitative estimate of drug-likeness (QED) is 0.534. The molecule has 0 unspecified atom stereocenters. The molecule has 164 valence electrons. The predicted octanol–water partition coefficient (Wildman–Crippen LogP) is 4.37. The van der Waals surface area contributed by atoms with Crippen molar-refractivity contribution in [3.05, 3.63) is 47.4 Å². The Hall–Kier alpha value is -2.73. The molecule has 2 aromatic heterocycles. The molecule has 0 aliphatic heterocycles. The monoisotopic (exact) mass is 469 g/mol. The van der Waals surface area contributed by atoms with Crippen LogP contribution in [0, 0.1) is 0 Å². The Balaban J connectivity index is 1.65. The van der Waals surface area contributed by atoms with Crippen LogP contribution in [0.2, 0.25) is 0 Å². The third kappa shape index (κ3) is 4.09. The topological polar surface area (TPSA) is 111 Å². The number of thiazole rings is 1. The molecule has 1 saturated carbocycles. The van der Waals surface area contributed by atoms with Crippen LogP contribution in [0.5, 0.6) is 0 Å². The molecule has 3 N–H and O–H groups in total. The molecule has 0 spiro atoms. The summed E-state index contributed by atoms with van der Waals surface area (Å²) in [6, 6.07) is 5.68. The van der Waals surface area contributed by atoms with Crippen LogP contribution < -0.4 is 11.1 Å². The number of hydrogen-bond acceptors (Lipinski definition) is 8. The fourth-order valence-corrected chi connectivity index (χ4v) is 6.46. The lowest BCUT2D eigenvalue weighted by Gasteiger charge is -2.37. The van der Waals surface area contributed by atoms with Gasteiger partial charge in [0.1, 0.15) is 15.4 Å². The zero-order valence-corrected chi connectivity index (χ0v) is 17.9. The number of nitrogens with zero attached hydrogens (tertiary/aromatic N) is 3. The molecule has 1 aromatic carbocycles. The van der Waals surface area contributed by atoms with E-state index in [4.69, 9.17) is 5.73 Å². The first-order chi connectivity index (χ1) is 14.5. The van der Waals surface area contributed by atoms with Gasteiger partial charge < -0.3 is 11.1 Å². The highest BCUT2D eigenvalue weighted by Crippen LogP contribution is 2.50. The van der Waals surface area contributed by atoms with Crippen molar-refractivity contribution in [1.82, 2.24) is 15.0 Å². The van der Waals surface area contributed by atoms with Crippen LogP contribution in [-0.2, 0) is 20.8 Å². The van der Waals surface area contributed by atoms with Gasteiger partial charge in [-0.3, -0.25) is 0 Å². The fraction of sp³-hybridized carbons (Fsp3) is 0.316. The van der Waals surface area contributed by atoms with E-state index in [2.05, 4.69) is 20.3 Å². The molecule has 7 nitrogen and oxygen atoms in total. The summed E-state index contributed by atoms with van der Waals surface area (Å²) in [7, 11) is -3.32. The minimum Gasteiger partial charge on any atom is -0.399 e. The highest BCUT2D eigenvalue weighted by atomic mass is 32.2. The average molecular weight is 470 g/mol. The van der Waals surface area contributed by atoms with Crippen LogP contribution in [0.15, 0.2) is 36.7 Å². The number of rotatable bonds is 5. The largest absolute Gasteiger partial charge is 0.433 e. The van der Waals surface area contributed by atoms with Crippen molar-refractivity contribution in [2.75, 3.05) is 17.3 Å². The van der Waals surface area contributed by atoms with E-state index in [0.717, 1.165) is 18.7 Å². The lowest BCUT2D eigenvalue weighted by Crippen LogP contribution is -2.41. The summed E-state index contributed by atoms with van der Waals surface area (Å²) in [4.78, 5) is 12.4. The second kappa shape index (κ2) is 7.45. The van der Waals surface area contributed by atoms with Gasteiger partial charge in [-0.05, 0) is 49.1 Å². The van der Waals surface area contributed by atoms with E-state index < -0.39 is 26.5 Å². The van der Waals surface area contributed by atoms with Gasteiger partial charge >= 0.3 is 6.18 Å². The Bertz CT molecular complexity index is 1240. The number of sulfone groups is 1. The second-order valence-electron chi connectivity index (χ2n) is 7.38. The normalized spacial score (nSPS) is 16.0. The Morgan fingerprint density at radius 2 is 1.94 bits per heavy atom. The van der Waals surface area contributed by atoms with E-state index in [1.165, 1.54) is 17.6 Å². The molecule has 0 radical (unpaired) electrons. The van der Waals surface area contributed by atoms with Crippen molar-refractivity contribution < 1.29 is 21.6 Å². The maximum Gasteiger partial charge on any atom is 0.433 e. The molecule has 12 heteroatoms. The number of aromatic nitrogens is 3. The lowest BCUT2D eigenvalue weighted by atomic mass is 9.85. The first-order valence-corrected chi connectivity index (χ1v) is 11.9. The molecular formula is C19H18F3N5O2S2. The minimum atomic E-state index is -4.59. The Kier molecular flexibility index (Phi) is 5.16. The summed E-state index contributed by atoms with van der Waals surface area (Å²) in [5, 5.41) is 3.27. The molecule has 1 fully saturated rings. The van der Waals surface area contributed by atoms with Crippen molar-refractivity contribution in [2.24, 2.45) is 0 Å². The average Bonchev–Trinajstić information content (AvgIpc) is 3.08. The van der Waals surface area contributed by atoms with Gasteiger partial charge in [0.15, 0.2) is 9.84 Å². The molecular weight excluding hydrogens is 451 g/mol. The van der Waals surface area contributed by atoms with Crippen LogP contribution in [0.1, 0.15) is 30.0 Å². The highest BCUT2D eigenvalue weighted by Gasteiger charge is 2.50. The van der Waals surface area contributed by atoms with E-state index in [1.54, 1.807) is 24.4 Å². The molecule has 0 atom stereocenters. The lowest BCUT2D eigenvalue weighted by molar-refractivity contribution is -0.141. The van der Waals surface area contributed by atoms with Gasteiger partial charge in [-0.15, -0.1) is 11.3 Å². The van der Waals surface area contributed by atoms with Gasteiger partial charge in [-0.2, -0.15) is 13.2 Å². The van der Waals surface area contributed by atoms with Crippen molar-refractivity contribution in [2.45, 2.75) is 30.2 Å². The number of nitrogens with two attached hydrogens (primary N) is 1. The summed E-state index contributed by atoms with van der Waals surface area (Å²) in [5.41, 5.74) is 6.33. The number of nitrogen functional groups attached to an aromatic ring is 1. The minimum absolute atomic E-state index is 0.220. The van der Waals surface area contributed by atoms with Gasteiger partial charge in [0.2, 0.25) is 5.95 Å². The van der Waals surface area contributed by atoms with Crippen molar-refractivity contribution >= 4 is 38.5 Å². The molecule has 1 aliphatic carbocycles. The summed E-state index contributed by atoms with van der Waals surface area (Å²) in [6.45, 7) is 0. The number of hydrogen-bond donors (Lipinski definition) is 2. The van der Waals surface area contributed by atoms with Gasteiger partial charge in [0.25, 0.3) is 0 Å². The van der Waals surface area contributed by atoms with Gasteiger partial charge in [0.05, 0.1) is 4.88 Å². The molecule has 2 heterocycles. The van der Waals surface area contributed by atoms with Crippen LogP contribution in [0.3, 0.4) is 0 Å². The van der Waals surface area contributed by atoms with E-state index in [0.29, 0.717) is 39.7 Å². The van der Waals surface area contributed by atoms with Crippen molar-refractivity contribution in [1.29, 1.82) is 0 Å². The summed E-state index contributed by atoms with van der Waals surface area (Å²) in [5.74, 6) is -0.220. The molecule has 0 saturated heterocycles.